The van der Waals surface area contributed by atoms with Crippen molar-refractivity contribution >= 4 is 11.0 Å². The predicted octanol–water partition coefficient (Wildman–Crippen LogP) is -0.0557. The van der Waals surface area contributed by atoms with Crippen molar-refractivity contribution in [2.45, 2.75) is 6.18 Å². The van der Waals surface area contributed by atoms with Crippen LogP contribution in [0.2, 0.25) is 0 Å². The minimum absolute atomic E-state index is 0.300. The van der Waals surface area contributed by atoms with Crippen molar-refractivity contribution in [2.75, 3.05) is 0 Å². The Bertz CT molecular complexity index is 842. The highest BCUT2D eigenvalue weighted by atomic mass is 19.4. The van der Waals surface area contributed by atoms with Gasteiger partial charge in [0.05, 0.1) is 10.9 Å². The highest BCUT2D eigenvalue weighted by Gasteiger charge is 2.35. The van der Waals surface area contributed by atoms with Gasteiger partial charge in [-0.25, -0.2) is 4.79 Å². The van der Waals surface area contributed by atoms with E-state index in [-0.39, 0.29) is 0 Å². The monoisotopic (exact) mass is 275 g/mol. The number of aryl methyl sites for hydroxylation is 1. The summed E-state index contributed by atoms with van der Waals surface area (Å²) in [6.45, 7) is 0. The van der Waals surface area contributed by atoms with E-state index in [1.807, 2.05) is 0 Å². The van der Waals surface area contributed by atoms with Gasteiger partial charge in [0.2, 0.25) is 5.56 Å². The van der Waals surface area contributed by atoms with E-state index in [1.165, 1.54) is 7.05 Å². The fraction of sp³-hybridized carbons (Fsp3) is 0.300. The van der Waals surface area contributed by atoms with Crippen molar-refractivity contribution < 1.29 is 13.2 Å². The molecular formula is C10H8F3N3O3. The summed E-state index contributed by atoms with van der Waals surface area (Å²) in [5, 5.41) is -0.739. The Morgan fingerprint density at radius 2 is 1.68 bits per heavy atom. The minimum atomic E-state index is -4.87. The summed E-state index contributed by atoms with van der Waals surface area (Å²) in [5.41, 5.74) is -4.78. The number of fused-ring (bicyclic) bond motifs is 1. The Morgan fingerprint density at radius 1 is 1.11 bits per heavy atom. The van der Waals surface area contributed by atoms with Crippen LogP contribution in [0, 0.1) is 0 Å². The van der Waals surface area contributed by atoms with E-state index < -0.39 is 39.6 Å². The van der Waals surface area contributed by atoms with Crippen LogP contribution in [0.4, 0.5) is 13.2 Å². The third kappa shape index (κ3) is 1.86. The lowest BCUT2D eigenvalue weighted by Gasteiger charge is -2.12. The third-order valence-corrected chi connectivity index (χ3v) is 2.76. The quantitative estimate of drug-likeness (QED) is 0.732. The average Bonchev–Trinajstić information content (AvgIpc) is 2.31. The highest BCUT2D eigenvalue weighted by molar-refractivity contribution is 5.78. The summed E-state index contributed by atoms with van der Waals surface area (Å²) in [4.78, 5) is 36.7. The van der Waals surface area contributed by atoms with Crippen LogP contribution in [0.1, 0.15) is 5.56 Å². The number of nitrogens with zero attached hydrogens (tertiary/aromatic N) is 2. The highest BCUT2D eigenvalue weighted by Crippen LogP contribution is 2.31. The van der Waals surface area contributed by atoms with Crippen LogP contribution in [0.15, 0.2) is 20.4 Å². The van der Waals surface area contributed by atoms with E-state index in [0.717, 1.165) is 11.6 Å². The minimum Gasteiger partial charge on any atom is -0.308 e. The molecule has 0 aliphatic rings. The molecule has 19 heavy (non-hydrogen) atoms. The van der Waals surface area contributed by atoms with Crippen molar-refractivity contribution in [1.29, 1.82) is 0 Å². The Morgan fingerprint density at radius 3 is 2.21 bits per heavy atom. The van der Waals surface area contributed by atoms with Crippen molar-refractivity contribution in [2.24, 2.45) is 14.1 Å². The number of hydrogen-bond donors (Lipinski definition) is 1. The first-order valence-electron chi connectivity index (χ1n) is 5.05. The van der Waals surface area contributed by atoms with E-state index in [0.29, 0.717) is 10.6 Å². The van der Waals surface area contributed by atoms with Gasteiger partial charge >= 0.3 is 11.9 Å². The average molecular weight is 275 g/mol. The number of rotatable bonds is 0. The maximum atomic E-state index is 12.9. The largest absolute Gasteiger partial charge is 0.417 e. The number of aromatic amines is 1. The van der Waals surface area contributed by atoms with Crippen molar-refractivity contribution in [1.82, 2.24) is 14.1 Å². The van der Waals surface area contributed by atoms with Crippen LogP contribution in [0.5, 0.6) is 0 Å². The van der Waals surface area contributed by atoms with E-state index in [9.17, 15) is 27.6 Å². The summed E-state index contributed by atoms with van der Waals surface area (Å²) in [5.74, 6) is 0. The lowest BCUT2D eigenvalue weighted by atomic mass is 10.1. The molecule has 0 radical (unpaired) electrons. The van der Waals surface area contributed by atoms with E-state index in [1.54, 1.807) is 0 Å². The molecule has 0 spiro atoms. The lowest BCUT2D eigenvalue weighted by Crippen LogP contribution is -2.39. The fourth-order valence-corrected chi connectivity index (χ4v) is 1.81. The van der Waals surface area contributed by atoms with Gasteiger partial charge in [-0.2, -0.15) is 13.2 Å². The van der Waals surface area contributed by atoms with Gasteiger partial charge in [0.1, 0.15) is 5.65 Å². The number of H-pyrrole nitrogens is 1. The second-order valence-electron chi connectivity index (χ2n) is 3.97. The van der Waals surface area contributed by atoms with E-state index in [4.69, 9.17) is 0 Å². The number of pyridine rings is 1. The number of halogens is 3. The zero-order valence-electron chi connectivity index (χ0n) is 9.83. The van der Waals surface area contributed by atoms with Crippen molar-refractivity contribution in [3.63, 3.8) is 0 Å². The summed E-state index contributed by atoms with van der Waals surface area (Å²) in [6, 6.07) is 0.300. The first kappa shape index (κ1) is 13.1. The molecule has 0 bridgehead atoms. The van der Waals surface area contributed by atoms with Crippen LogP contribution in [-0.2, 0) is 20.3 Å². The standard InChI is InChI=1S/C10H8F3N3O3/c1-15-7-6(8(18)16(2)9(15)19)4(10(11,12)13)3-5(17)14-7/h3H,1-2H3,(H,14,17). The van der Waals surface area contributed by atoms with Gasteiger partial charge in [-0.05, 0) is 0 Å². The molecule has 2 aromatic rings. The van der Waals surface area contributed by atoms with Gasteiger partial charge in [0.25, 0.3) is 5.56 Å². The Kier molecular flexibility index (Phi) is 2.65. The van der Waals surface area contributed by atoms with Gasteiger partial charge in [0.15, 0.2) is 0 Å². The molecule has 0 aromatic carbocycles. The molecule has 6 nitrogen and oxygen atoms in total. The molecular weight excluding hydrogens is 267 g/mol. The zero-order chi connectivity index (χ0) is 14.5. The van der Waals surface area contributed by atoms with Crippen molar-refractivity contribution in [3.8, 4) is 0 Å². The molecule has 2 heterocycles. The molecule has 0 fully saturated rings. The third-order valence-electron chi connectivity index (χ3n) is 2.76. The molecule has 0 unspecified atom stereocenters. The second kappa shape index (κ2) is 3.84. The molecule has 0 amide bonds. The molecule has 2 rings (SSSR count). The Balaban J connectivity index is 3.23. The number of aromatic nitrogens is 3. The van der Waals surface area contributed by atoms with Crippen LogP contribution in [-0.4, -0.2) is 14.1 Å². The SMILES string of the molecule is Cn1c(=O)c2c(C(F)(F)F)cc(=O)[nH]c2n(C)c1=O. The fourth-order valence-electron chi connectivity index (χ4n) is 1.81. The molecule has 0 aliphatic heterocycles. The molecule has 9 heteroatoms. The van der Waals surface area contributed by atoms with Gasteiger partial charge < -0.3 is 4.98 Å². The lowest BCUT2D eigenvalue weighted by molar-refractivity contribution is -0.136. The van der Waals surface area contributed by atoms with Crippen molar-refractivity contribution in [3.05, 3.63) is 42.8 Å². The molecule has 0 saturated carbocycles. The number of alkyl halides is 3. The van der Waals surface area contributed by atoms with Gasteiger partial charge in [0, 0.05) is 20.2 Å². The summed E-state index contributed by atoms with van der Waals surface area (Å²) in [6.07, 6.45) is -4.87. The van der Waals surface area contributed by atoms with Crippen LogP contribution in [0.25, 0.3) is 11.0 Å². The normalized spacial score (nSPS) is 12.1. The molecule has 0 saturated heterocycles. The topological polar surface area (TPSA) is 76.9 Å². The maximum Gasteiger partial charge on any atom is 0.417 e. The number of nitrogens with one attached hydrogen (secondary N) is 1. The van der Waals surface area contributed by atoms with Gasteiger partial charge in [-0.3, -0.25) is 18.7 Å². The van der Waals surface area contributed by atoms with Crippen LogP contribution >= 0.6 is 0 Å². The Labute approximate surface area is 102 Å². The van der Waals surface area contributed by atoms with Crippen LogP contribution in [0.3, 0.4) is 0 Å². The van der Waals surface area contributed by atoms with Gasteiger partial charge in [-0.1, -0.05) is 0 Å². The maximum absolute atomic E-state index is 12.9. The van der Waals surface area contributed by atoms with E-state index in [2.05, 4.69) is 4.98 Å². The Hall–Kier alpha value is -2.32. The molecule has 1 N–H and O–H groups in total. The van der Waals surface area contributed by atoms with E-state index >= 15 is 0 Å². The zero-order valence-corrected chi connectivity index (χ0v) is 9.83. The predicted molar refractivity (Wildman–Crippen MR) is 60.1 cm³/mol. The smallest absolute Gasteiger partial charge is 0.308 e. The first-order valence-corrected chi connectivity index (χ1v) is 5.05. The summed E-state index contributed by atoms with van der Waals surface area (Å²) >= 11 is 0. The molecule has 0 atom stereocenters. The second-order valence-corrected chi connectivity index (χ2v) is 3.97. The van der Waals surface area contributed by atoms with Crippen LogP contribution < -0.4 is 16.8 Å². The summed E-state index contributed by atoms with van der Waals surface area (Å²) < 4.78 is 39.9. The molecule has 0 aliphatic carbocycles. The van der Waals surface area contributed by atoms with Gasteiger partial charge in [-0.15, -0.1) is 0 Å². The first-order chi connectivity index (χ1) is 8.64. The summed E-state index contributed by atoms with van der Waals surface area (Å²) in [7, 11) is 2.23. The molecule has 102 valence electrons. The molecule has 2 aromatic heterocycles. The number of hydrogen-bond acceptors (Lipinski definition) is 3.